The minimum absolute atomic E-state index is 0.000373. The van der Waals surface area contributed by atoms with E-state index in [0.29, 0.717) is 23.8 Å². The van der Waals surface area contributed by atoms with Crippen LogP contribution in [0.2, 0.25) is 0 Å². The number of nitrogens with two attached hydrogens (primary N) is 1. The van der Waals surface area contributed by atoms with E-state index in [1.807, 2.05) is 6.92 Å². The SMILES string of the molecule is CCCOC(=O)CCC(C)C(=O)N[C@@H](Cc1ccc(O)cc1)C(=O)N[C@@H](CS)C(=O)N[C@@H](CS)C(=O)N[C@@H](CC(N)=O)C(=O)N1CCC[C@H]1C(=O)NC(C)C(=O)N[C@@H](CS)C(=O)N[C@H](C(=O)NCC(=O)NC(CS)C(=O)N[C@H](C=O)Cc1ccc(O)cc1)[C@@H](C)O.CSSC.CSSC.CSSC. The number of benzene rings is 2. The highest BCUT2D eigenvalue weighted by molar-refractivity contribution is 8.76. The van der Waals surface area contributed by atoms with Crippen molar-refractivity contribution in [2.24, 2.45) is 11.7 Å². The first kappa shape index (κ1) is 97.3. The third-order valence-electron chi connectivity index (χ3n) is 14.5. The van der Waals surface area contributed by atoms with Gasteiger partial charge in [0.25, 0.3) is 0 Å². The molecule has 0 aliphatic carbocycles. The first-order valence-corrected chi connectivity index (χ1v) is 43.3. The lowest BCUT2D eigenvalue weighted by atomic mass is 10.0. The summed E-state index contributed by atoms with van der Waals surface area (Å²) in [5, 5.41) is 54.0. The van der Waals surface area contributed by atoms with Crippen molar-refractivity contribution in [1.29, 1.82) is 0 Å². The highest BCUT2D eigenvalue weighted by Gasteiger charge is 2.41. The van der Waals surface area contributed by atoms with Gasteiger partial charge in [0, 0.05) is 48.3 Å². The zero-order valence-corrected chi connectivity index (χ0v) is 67.4. The summed E-state index contributed by atoms with van der Waals surface area (Å²) in [6, 6.07) is -2.43. The molecule has 12 atom stereocenters. The number of aldehydes is 1. The number of aromatic hydroxyl groups is 2. The van der Waals surface area contributed by atoms with Crippen LogP contribution in [0.5, 0.6) is 11.5 Å². The quantitative estimate of drug-likeness (QED) is 0.0189. The maximum absolute atomic E-state index is 14.2. The number of hydrogen-bond donors (Lipinski definition) is 18. The standard InChI is InChI=1S/C57H82N12O18S4.3C2H6S2/c1-5-19-87-46(76)17-8-29(2)48(77)63-37(21-33-11-15-36(73)16-12-33)50(79)66-41(27-90)53(82)67-40(26-89)52(81)64-38(22-44(58)74)57(86)69-18-6-7-43(69)55(84)60-30(3)49(78)65-42(28-91)54(83)68-47(31(4)71)56(85)59-23-45(75)62-39(25-88)51(80)61-34(24-70)20-32-9-13-35(72)14-10-32;3*1-3-4-2/h9-16,24,29-31,34,37-43,47,71-73,88-91H,5-8,17-23,25-28H2,1-4H3,(H2,58,74)(H,59,85)(H,60,84)(H,61,80)(H,62,75)(H,63,77)(H,64,81)(H,65,78)(H,66,79)(H,67,82)(H,68,83);3*1-2H3/t29?,30?,31-,34+,37+,38+,39?,40+,41+,42+,43+,47+;;;/m1.../s1. The highest BCUT2D eigenvalue weighted by Crippen LogP contribution is 2.21. The largest absolute Gasteiger partial charge is 0.508 e. The third-order valence-corrected chi connectivity index (χ3v) is 19.9. The van der Waals surface area contributed by atoms with Gasteiger partial charge in [-0.1, -0.05) is 103 Å². The Morgan fingerprint density at radius 1 is 0.573 bits per heavy atom. The summed E-state index contributed by atoms with van der Waals surface area (Å²) in [5.74, 6) is -13.6. The molecule has 1 aliphatic heterocycles. The Kier molecular flexibility index (Phi) is 52.6. The van der Waals surface area contributed by atoms with E-state index in [1.54, 1.807) is 83.8 Å². The molecule has 103 heavy (non-hydrogen) atoms. The summed E-state index contributed by atoms with van der Waals surface area (Å²) in [6.45, 7) is 5.18. The van der Waals surface area contributed by atoms with Gasteiger partial charge in [-0.15, -0.1) is 0 Å². The van der Waals surface area contributed by atoms with E-state index >= 15 is 0 Å². The number of phenolic OH excluding ortho intramolecular Hbond substituents is 2. The molecule has 3 unspecified atom stereocenters. The molecule has 0 aromatic heterocycles. The topological polar surface area (TPSA) is 458 Å². The Morgan fingerprint density at radius 2 is 1.00 bits per heavy atom. The molecule has 580 valence electrons. The number of nitrogens with zero attached hydrogens (tertiary/aromatic N) is 1. The first-order chi connectivity index (χ1) is 48.8. The number of rotatable bonds is 41. The first-order valence-electron chi connectivity index (χ1n) is 31.9. The number of carbonyl (C=O) groups excluding carboxylic acids is 14. The van der Waals surface area contributed by atoms with Crippen LogP contribution in [-0.4, -0.2) is 250 Å². The molecule has 15 N–H and O–H groups in total. The van der Waals surface area contributed by atoms with Crippen LogP contribution in [0.3, 0.4) is 0 Å². The normalized spacial score (nSPS) is 15.3. The predicted molar refractivity (Wildman–Crippen MR) is 422 cm³/mol. The third kappa shape index (κ3) is 39.5. The lowest BCUT2D eigenvalue weighted by molar-refractivity contribution is -0.144. The van der Waals surface area contributed by atoms with Crippen LogP contribution in [0.4, 0.5) is 0 Å². The molecular weight excluding hydrogens is 1530 g/mol. The van der Waals surface area contributed by atoms with Crippen molar-refractivity contribution < 1.29 is 87.2 Å². The molecule has 2 aromatic carbocycles. The number of likely N-dealkylation sites (tertiary alicyclic amines) is 1. The van der Waals surface area contributed by atoms with E-state index in [1.165, 1.54) is 43.3 Å². The number of hydrogen-bond acceptors (Lipinski definition) is 28. The second-order valence-electron chi connectivity index (χ2n) is 22.3. The van der Waals surface area contributed by atoms with E-state index in [-0.39, 0.29) is 80.4 Å². The molecule has 0 spiro atoms. The van der Waals surface area contributed by atoms with E-state index in [4.69, 9.17) is 10.5 Å². The summed E-state index contributed by atoms with van der Waals surface area (Å²) in [7, 11) is 10.6. The van der Waals surface area contributed by atoms with Crippen molar-refractivity contribution in [1.82, 2.24) is 58.1 Å². The molecule has 1 fully saturated rings. The predicted octanol–water partition coefficient (Wildman–Crippen LogP) is 0.799. The van der Waals surface area contributed by atoms with Crippen LogP contribution in [0, 0.1) is 5.92 Å². The van der Waals surface area contributed by atoms with Gasteiger partial charge in [0.15, 0.2) is 0 Å². The van der Waals surface area contributed by atoms with Crippen LogP contribution >= 0.6 is 115 Å². The maximum atomic E-state index is 14.2. The number of aliphatic hydroxyl groups excluding tert-OH is 1. The summed E-state index contributed by atoms with van der Waals surface area (Å²) in [4.78, 5) is 186. The van der Waals surface area contributed by atoms with Crippen molar-refractivity contribution in [2.75, 3.05) is 80.2 Å². The molecular formula is C63H100N12O18S10. The monoisotopic (exact) mass is 1630 g/mol. The van der Waals surface area contributed by atoms with Gasteiger partial charge >= 0.3 is 5.97 Å². The van der Waals surface area contributed by atoms with E-state index < -0.39 is 168 Å². The molecule has 40 heteroatoms. The molecule has 12 amide bonds. The molecule has 1 saturated heterocycles. The van der Waals surface area contributed by atoms with Gasteiger partial charge in [-0.3, -0.25) is 62.3 Å². The lowest BCUT2D eigenvalue weighted by Gasteiger charge is -2.30. The fourth-order valence-electron chi connectivity index (χ4n) is 8.80. The average molecular weight is 1630 g/mol. The number of amides is 12. The number of esters is 1. The van der Waals surface area contributed by atoms with Crippen molar-refractivity contribution in [2.45, 2.75) is 146 Å². The molecule has 1 heterocycles. The second kappa shape index (κ2) is 55.7. The molecule has 0 saturated carbocycles. The molecule has 2 aromatic rings. The maximum Gasteiger partial charge on any atom is 0.305 e. The van der Waals surface area contributed by atoms with Crippen molar-refractivity contribution in [3.05, 3.63) is 59.7 Å². The Bertz CT molecular complexity index is 3000. The van der Waals surface area contributed by atoms with Crippen LogP contribution in [0.15, 0.2) is 48.5 Å². The van der Waals surface area contributed by atoms with Gasteiger partial charge in [-0.05, 0) is 119 Å². The van der Waals surface area contributed by atoms with Gasteiger partial charge in [-0.2, -0.15) is 50.5 Å². The molecule has 0 bridgehead atoms. The van der Waals surface area contributed by atoms with Crippen LogP contribution < -0.4 is 58.9 Å². The lowest BCUT2D eigenvalue weighted by Crippen LogP contribution is -2.61. The van der Waals surface area contributed by atoms with Gasteiger partial charge in [-0.25, -0.2) is 0 Å². The minimum Gasteiger partial charge on any atom is -0.508 e. The number of thiol groups is 4. The fourth-order valence-corrected chi connectivity index (χ4v) is 9.83. The Balaban J connectivity index is 0.00000800. The fraction of sp³-hybridized carbons (Fsp3) is 0.587. The van der Waals surface area contributed by atoms with Gasteiger partial charge in [0.1, 0.15) is 72.2 Å². The van der Waals surface area contributed by atoms with E-state index in [9.17, 15) is 82.4 Å². The van der Waals surface area contributed by atoms with Crippen molar-refractivity contribution >= 4 is 198 Å². The van der Waals surface area contributed by atoms with Crippen molar-refractivity contribution in [3.8, 4) is 11.5 Å². The van der Waals surface area contributed by atoms with E-state index in [2.05, 4.69) is 141 Å². The van der Waals surface area contributed by atoms with Crippen molar-refractivity contribution in [3.63, 3.8) is 0 Å². The Hall–Kier alpha value is -5.72. The smallest absolute Gasteiger partial charge is 0.305 e. The summed E-state index contributed by atoms with van der Waals surface area (Å²) in [5.41, 5.74) is 6.63. The molecule has 3 rings (SSSR count). The van der Waals surface area contributed by atoms with Crippen LogP contribution in [0.1, 0.15) is 77.3 Å². The van der Waals surface area contributed by atoms with Gasteiger partial charge in [0.2, 0.25) is 70.9 Å². The molecule has 1 aliphatic rings. The zero-order valence-electron chi connectivity index (χ0n) is 59.0. The van der Waals surface area contributed by atoms with Gasteiger partial charge < -0.3 is 88.7 Å². The molecule has 0 radical (unpaired) electrons. The molecule has 30 nitrogen and oxygen atoms in total. The highest BCUT2D eigenvalue weighted by atomic mass is 33.1. The van der Waals surface area contributed by atoms with Crippen LogP contribution in [-0.2, 0) is 84.7 Å². The Labute approximate surface area is 647 Å². The number of carbonyl (C=O) groups is 14. The average Bonchev–Trinajstić information content (AvgIpc) is 1.75. The van der Waals surface area contributed by atoms with Gasteiger partial charge in [0.05, 0.1) is 31.7 Å². The van der Waals surface area contributed by atoms with Crippen LogP contribution in [0.25, 0.3) is 0 Å². The number of ether oxygens (including phenoxy) is 1. The number of phenols is 2. The zero-order chi connectivity index (χ0) is 78.3. The summed E-state index contributed by atoms with van der Waals surface area (Å²) in [6.07, 6.45) is 11.4. The second-order valence-corrected chi connectivity index (χ2v) is 31.8. The van der Waals surface area contributed by atoms with E-state index in [0.717, 1.165) is 11.8 Å². The number of nitrogens with one attached hydrogen (secondary N) is 10. The summed E-state index contributed by atoms with van der Waals surface area (Å²) >= 11 is 16.7. The Morgan fingerprint density at radius 3 is 1.45 bits per heavy atom. The minimum atomic E-state index is -1.71. The number of primary amides is 1. The summed E-state index contributed by atoms with van der Waals surface area (Å²) < 4.78 is 5.08. The number of aliphatic hydroxyl groups is 1.